The average molecular weight is 470 g/mol. The fourth-order valence-electron chi connectivity index (χ4n) is 3.18. The SMILES string of the molecule is O=C(c1sc2ccccc2c1Cl)N(Cc1cccnc1)c1nc2ccc(Cl)cc2s1. The van der Waals surface area contributed by atoms with Crippen molar-refractivity contribution >= 4 is 77.2 Å². The summed E-state index contributed by atoms with van der Waals surface area (Å²) in [6.45, 7) is 0.338. The molecule has 0 saturated carbocycles. The molecule has 3 aromatic heterocycles. The Labute approximate surface area is 190 Å². The van der Waals surface area contributed by atoms with Crippen molar-refractivity contribution in [1.29, 1.82) is 0 Å². The fraction of sp³-hybridized carbons (Fsp3) is 0.0455. The summed E-state index contributed by atoms with van der Waals surface area (Å²) < 4.78 is 1.90. The first-order valence-electron chi connectivity index (χ1n) is 9.04. The number of rotatable bonds is 4. The second-order valence-electron chi connectivity index (χ2n) is 6.60. The molecule has 0 unspecified atom stereocenters. The molecule has 8 heteroatoms. The van der Waals surface area contributed by atoms with E-state index in [9.17, 15) is 4.79 Å². The number of thiophene rings is 1. The minimum absolute atomic E-state index is 0.185. The molecule has 2 aromatic carbocycles. The van der Waals surface area contributed by atoms with E-state index >= 15 is 0 Å². The lowest BCUT2D eigenvalue weighted by atomic mass is 10.2. The lowest BCUT2D eigenvalue weighted by Gasteiger charge is -2.19. The first-order chi connectivity index (χ1) is 14.6. The molecule has 0 bridgehead atoms. The number of nitrogens with zero attached hydrogens (tertiary/aromatic N) is 3. The molecule has 0 aliphatic carbocycles. The van der Waals surface area contributed by atoms with E-state index in [1.807, 2.05) is 48.5 Å². The highest BCUT2D eigenvalue weighted by molar-refractivity contribution is 7.23. The Morgan fingerprint density at radius 2 is 1.87 bits per heavy atom. The quantitative estimate of drug-likeness (QED) is 0.283. The smallest absolute Gasteiger partial charge is 0.272 e. The van der Waals surface area contributed by atoms with Gasteiger partial charge in [-0.1, -0.05) is 58.8 Å². The molecule has 0 aliphatic rings. The second kappa shape index (κ2) is 7.96. The normalized spacial score (nSPS) is 11.3. The van der Waals surface area contributed by atoms with E-state index in [1.165, 1.54) is 22.7 Å². The summed E-state index contributed by atoms with van der Waals surface area (Å²) in [7, 11) is 0. The van der Waals surface area contributed by atoms with Crippen LogP contribution in [-0.4, -0.2) is 15.9 Å². The molecule has 0 radical (unpaired) electrons. The number of benzene rings is 2. The lowest BCUT2D eigenvalue weighted by Crippen LogP contribution is -2.30. The molecular weight excluding hydrogens is 457 g/mol. The lowest BCUT2D eigenvalue weighted by molar-refractivity contribution is 0.0989. The van der Waals surface area contributed by atoms with E-state index in [1.54, 1.807) is 23.4 Å². The van der Waals surface area contributed by atoms with Gasteiger partial charge >= 0.3 is 0 Å². The van der Waals surface area contributed by atoms with Crippen LogP contribution in [0.4, 0.5) is 5.13 Å². The largest absolute Gasteiger partial charge is 0.279 e. The van der Waals surface area contributed by atoms with Crippen LogP contribution >= 0.6 is 45.9 Å². The summed E-state index contributed by atoms with van der Waals surface area (Å²) in [5.74, 6) is -0.185. The third-order valence-electron chi connectivity index (χ3n) is 4.61. The maximum absolute atomic E-state index is 13.7. The topological polar surface area (TPSA) is 46.1 Å². The number of amides is 1. The second-order valence-corrected chi connectivity index (χ2v) is 9.48. The van der Waals surface area contributed by atoms with Crippen molar-refractivity contribution in [2.45, 2.75) is 6.54 Å². The van der Waals surface area contributed by atoms with Gasteiger partial charge in [-0.05, 0) is 35.9 Å². The van der Waals surface area contributed by atoms with Crippen LogP contribution in [0.1, 0.15) is 15.2 Å². The van der Waals surface area contributed by atoms with E-state index in [0.717, 1.165) is 25.9 Å². The highest BCUT2D eigenvalue weighted by atomic mass is 35.5. The molecule has 30 heavy (non-hydrogen) atoms. The number of carbonyl (C=O) groups excluding carboxylic acids is 1. The van der Waals surface area contributed by atoms with Crippen molar-refractivity contribution in [2.24, 2.45) is 0 Å². The van der Waals surface area contributed by atoms with Crippen LogP contribution in [0.3, 0.4) is 0 Å². The first-order valence-corrected chi connectivity index (χ1v) is 11.4. The van der Waals surface area contributed by atoms with Crippen molar-refractivity contribution in [3.05, 3.63) is 87.5 Å². The summed E-state index contributed by atoms with van der Waals surface area (Å²) in [6, 6.07) is 17.0. The van der Waals surface area contributed by atoms with Gasteiger partial charge in [0.15, 0.2) is 5.13 Å². The van der Waals surface area contributed by atoms with E-state index in [-0.39, 0.29) is 5.91 Å². The van der Waals surface area contributed by atoms with Gasteiger partial charge in [0.1, 0.15) is 4.88 Å². The molecule has 148 valence electrons. The molecule has 3 heterocycles. The molecule has 4 nitrogen and oxygen atoms in total. The number of hydrogen-bond donors (Lipinski definition) is 0. The van der Waals surface area contributed by atoms with E-state index in [0.29, 0.717) is 26.6 Å². The maximum atomic E-state index is 13.7. The molecule has 0 fully saturated rings. The van der Waals surface area contributed by atoms with Gasteiger partial charge in [-0.15, -0.1) is 11.3 Å². The highest BCUT2D eigenvalue weighted by Gasteiger charge is 2.26. The summed E-state index contributed by atoms with van der Waals surface area (Å²) in [5, 5.41) is 2.58. The number of thiazole rings is 1. The number of anilines is 1. The predicted molar refractivity (Wildman–Crippen MR) is 126 cm³/mol. The summed E-state index contributed by atoms with van der Waals surface area (Å²) in [6.07, 6.45) is 3.45. The van der Waals surface area contributed by atoms with Crippen LogP contribution < -0.4 is 4.90 Å². The first kappa shape index (κ1) is 19.5. The Morgan fingerprint density at radius 1 is 1.00 bits per heavy atom. The summed E-state index contributed by atoms with van der Waals surface area (Å²) in [4.78, 5) is 24.7. The molecule has 0 N–H and O–H groups in total. The Morgan fingerprint density at radius 3 is 2.67 bits per heavy atom. The van der Waals surface area contributed by atoms with Gasteiger partial charge in [-0.25, -0.2) is 4.98 Å². The van der Waals surface area contributed by atoms with Crippen molar-refractivity contribution in [3.63, 3.8) is 0 Å². The average Bonchev–Trinajstić information content (AvgIpc) is 3.33. The summed E-state index contributed by atoms with van der Waals surface area (Å²) in [5.41, 5.74) is 1.70. The molecular formula is C22H13Cl2N3OS2. The van der Waals surface area contributed by atoms with Crippen molar-refractivity contribution < 1.29 is 4.79 Å². The number of halogens is 2. The van der Waals surface area contributed by atoms with E-state index < -0.39 is 0 Å². The highest BCUT2D eigenvalue weighted by Crippen LogP contribution is 2.38. The Hall–Kier alpha value is -2.51. The minimum Gasteiger partial charge on any atom is -0.279 e. The van der Waals surface area contributed by atoms with Crippen molar-refractivity contribution in [2.75, 3.05) is 4.90 Å². The van der Waals surface area contributed by atoms with Gasteiger partial charge in [0.2, 0.25) is 0 Å². The Balaban J connectivity index is 1.62. The number of hydrogen-bond acceptors (Lipinski definition) is 5. The summed E-state index contributed by atoms with van der Waals surface area (Å²) >= 11 is 15.6. The Bertz CT molecular complexity index is 1380. The van der Waals surface area contributed by atoms with Gasteiger partial charge in [0.05, 0.1) is 21.8 Å². The van der Waals surface area contributed by atoms with Crippen LogP contribution in [-0.2, 0) is 6.54 Å². The zero-order chi connectivity index (χ0) is 20.7. The fourth-order valence-corrected chi connectivity index (χ4v) is 5.88. The Kier molecular flexibility index (Phi) is 5.16. The van der Waals surface area contributed by atoms with E-state index in [4.69, 9.17) is 23.2 Å². The molecule has 0 atom stereocenters. The van der Waals surface area contributed by atoms with Gasteiger partial charge in [0.25, 0.3) is 5.91 Å². The molecule has 5 rings (SSSR count). The zero-order valence-corrected chi connectivity index (χ0v) is 18.5. The van der Waals surface area contributed by atoms with Crippen molar-refractivity contribution in [1.82, 2.24) is 9.97 Å². The van der Waals surface area contributed by atoms with Gasteiger partial charge in [-0.2, -0.15) is 0 Å². The van der Waals surface area contributed by atoms with Crippen LogP contribution in [0.5, 0.6) is 0 Å². The monoisotopic (exact) mass is 469 g/mol. The van der Waals surface area contributed by atoms with Crippen molar-refractivity contribution in [3.8, 4) is 0 Å². The predicted octanol–water partition coefficient (Wildman–Crippen LogP) is 7.06. The van der Waals surface area contributed by atoms with Gasteiger partial charge in [0, 0.05) is 27.5 Å². The number of fused-ring (bicyclic) bond motifs is 2. The molecule has 1 amide bonds. The number of aromatic nitrogens is 2. The maximum Gasteiger partial charge on any atom is 0.272 e. The number of pyridine rings is 1. The molecule has 5 aromatic rings. The zero-order valence-electron chi connectivity index (χ0n) is 15.4. The molecule has 0 saturated heterocycles. The third kappa shape index (κ3) is 3.56. The molecule has 0 aliphatic heterocycles. The van der Waals surface area contributed by atoms with Crippen LogP contribution in [0.2, 0.25) is 10.0 Å². The van der Waals surface area contributed by atoms with Gasteiger partial charge < -0.3 is 0 Å². The van der Waals surface area contributed by atoms with E-state index in [2.05, 4.69) is 9.97 Å². The molecule has 0 spiro atoms. The standard InChI is InChI=1S/C22H13Cl2N3OS2/c23-14-7-8-16-18(10-14)30-22(26-16)27(12-13-4-3-9-25-11-13)21(28)20-19(24)15-5-1-2-6-17(15)29-20/h1-11H,12H2. The number of carbonyl (C=O) groups is 1. The minimum atomic E-state index is -0.185. The van der Waals surface area contributed by atoms with Crippen LogP contribution in [0.25, 0.3) is 20.3 Å². The third-order valence-corrected chi connectivity index (χ3v) is 7.55. The van der Waals surface area contributed by atoms with Crippen LogP contribution in [0.15, 0.2) is 67.0 Å². The van der Waals surface area contributed by atoms with Crippen LogP contribution in [0, 0.1) is 0 Å². The van der Waals surface area contributed by atoms with Gasteiger partial charge in [-0.3, -0.25) is 14.7 Å².